The first-order chi connectivity index (χ1) is 16.4. The Bertz CT molecular complexity index is 821. The molecule has 12 heteroatoms. The molecule has 1 saturated heterocycles. The van der Waals surface area contributed by atoms with Crippen molar-refractivity contribution < 1.29 is 34.5 Å². The molecule has 2 amide bonds. The van der Waals surface area contributed by atoms with E-state index in [9.17, 15) is 14.4 Å². The maximum absolute atomic E-state index is 12.3. The highest BCUT2D eigenvalue weighted by atomic mass is 16.3. The predicted octanol–water partition coefficient (Wildman–Crippen LogP) is -0.362. The number of carbonyl (C=O) groups excluding carboxylic acids is 2. The summed E-state index contributed by atoms with van der Waals surface area (Å²) < 4.78 is 0. The summed E-state index contributed by atoms with van der Waals surface area (Å²) in [5.41, 5.74) is 0.0615. The Morgan fingerprint density at radius 1 is 1.09 bits per heavy atom. The normalized spacial score (nSPS) is 19.0. The maximum Gasteiger partial charge on any atom is 0.290 e. The monoisotopic (exact) mass is 482 g/mol. The molecular weight excluding hydrogens is 448 g/mol. The van der Waals surface area contributed by atoms with E-state index in [1.165, 1.54) is 25.1 Å². The largest absolute Gasteiger partial charge is 0.483 e. The Morgan fingerprint density at radius 2 is 1.74 bits per heavy atom. The van der Waals surface area contributed by atoms with Crippen LogP contribution in [0.3, 0.4) is 0 Å². The average Bonchev–Trinajstić information content (AvgIpc) is 3.55. The summed E-state index contributed by atoms with van der Waals surface area (Å²) >= 11 is 0. The molecule has 1 saturated carbocycles. The van der Waals surface area contributed by atoms with Crippen molar-refractivity contribution in [2.75, 3.05) is 26.2 Å². The number of rotatable bonds is 10. The van der Waals surface area contributed by atoms with E-state index in [0.717, 1.165) is 19.4 Å². The van der Waals surface area contributed by atoms with E-state index >= 15 is 0 Å². The predicted molar refractivity (Wildman–Crippen MR) is 122 cm³/mol. The van der Waals surface area contributed by atoms with Crippen molar-refractivity contribution >= 4 is 24.8 Å². The molecule has 2 aliphatic rings. The van der Waals surface area contributed by atoms with Crippen molar-refractivity contribution in [2.24, 2.45) is 5.92 Å². The Morgan fingerprint density at radius 3 is 2.32 bits per heavy atom. The molecule has 12 nitrogen and oxygen atoms in total. The lowest BCUT2D eigenvalue weighted by Gasteiger charge is -2.30. The van der Waals surface area contributed by atoms with Gasteiger partial charge in [0.2, 0.25) is 11.5 Å². The summed E-state index contributed by atoms with van der Waals surface area (Å²) in [7, 11) is 0. The second kappa shape index (κ2) is 16.4. The fourth-order valence-corrected chi connectivity index (χ4v) is 3.84. The van der Waals surface area contributed by atoms with E-state index in [1.54, 1.807) is 6.07 Å². The Hall–Kier alpha value is -3.25. The molecule has 2 atom stereocenters. The molecule has 1 aromatic rings. The number of carboxylic acid groups (broad SMARTS) is 2. The lowest BCUT2D eigenvalue weighted by molar-refractivity contribution is -0.123. The van der Waals surface area contributed by atoms with Crippen LogP contribution in [-0.2, 0) is 14.4 Å². The fourth-order valence-electron chi connectivity index (χ4n) is 3.84. The number of hydrogen-bond donors (Lipinski definition) is 6. The fraction of sp³-hybridized carbons (Fsp3) is 0.591. The van der Waals surface area contributed by atoms with Gasteiger partial charge in [0.1, 0.15) is 0 Å². The second-order valence-corrected chi connectivity index (χ2v) is 8.02. The molecule has 34 heavy (non-hydrogen) atoms. The van der Waals surface area contributed by atoms with Crippen molar-refractivity contribution in [1.82, 2.24) is 20.5 Å². The van der Waals surface area contributed by atoms with Gasteiger partial charge >= 0.3 is 0 Å². The van der Waals surface area contributed by atoms with E-state index in [1.807, 2.05) is 0 Å². The number of aromatic nitrogens is 1. The summed E-state index contributed by atoms with van der Waals surface area (Å²) in [6, 6.07) is 3.29. The minimum Gasteiger partial charge on any atom is -0.483 e. The smallest absolute Gasteiger partial charge is 0.290 e. The van der Waals surface area contributed by atoms with Gasteiger partial charge in [-0.1, -0.05) is 0 Å². The first-order valence-electron chi connectivity index (χ1n) is 11.2. The van der Waals surface area contributed by atoms with Gasteiger partial charge in [-0.2, -0.15) is 0 Å². The topological polar surface area (TPSA) is 189 Å². The van der Waals surface area contributed by atoms with Crippen LogP contribution in [-0.4, -0.2) is 88.3 Å². The highest BCUT2D eigenvalue weighted by molar-refractivity contribution is 5.93. The molecule has 0 unspecified atom stereocenters. The van der Waals surface area contributed by atoms with Crippen molar-refractivity contribution in [3.63, 3.8) is 0 Å². The number of aliphatic hydroxyl groups excluding tert-OH is 1. The zero-order chi connectivity index (χ0) is 25.3. The van der Waals surface area contributed by atoms with Gasteiger partial charge in [-0.05, 0) is 44.1 Å². The van der Waals surface area contributed by atoms with Gasteiger partial charge in [0.05, 0.1) is 0 Å². The quantitative estimate of drug-likeness (QED) is 0.191. The van der Waals surface area contributed by atoms with Crippen molar-refractivity contribution in [2.45, 2.75) is 50.6 Å². The first kappa shape index (κ1) is 28.8. The van der Waals surface area contributed by atoms with E-state index in [0.29, 0.717) is 37.4 Å². The third-order valence-corrected chi connectivity index (χ3v) is 5.55. The van der Waals surface area contributed by atoms with Gasteiger partial charge in [-0.25, -0.2) is 0 Å². The zero-order valence-corrected chi connectivity index (χ0v) is 19.0. The lowest BCUT2D eigenvalue weighted by Crippen LogP contribution is -2.45. The van der Waals surface area contributed by atoms with Gasteiger partial charge in [0, 0.05) is 62.6 Å². The van der Waals surface area contributed by atoms with Crippen LogP contribution in [0.15, 0.2) is 23.1 Å². The molecule has 2 fully saturated rings. The van der Waals surface area contributed by atoms with Gasteiger partial charge in [0.25, 0.3) is 18.9 Å². The highest BCUT2D eigenvalue weighted by Gasteiger charge is 2.37. The molecule has 1 aliphatic carbocycles. The summed E-state index contributed by atoms with van der Waals surface area (Å²) in [5.74, 6) is 0.471. The lowest BCUT2D eigenvalue weighted by atomic mass is 10.1. The standard InChI is InChI=1S/C20H30N4O4.2CH2O2/c25-9-1-7-21-19(27)11-16-4-5-17(24(16)13-14-2-3-14)12-23-20(28)15-6-8-22-18(26)10-15;2*2-1-3/h6,8,10,14,16-17,25H,1-5,7,9,11-13H2,(H,21,27)(H,22,26)(H,23,28);2*1H,(H,2,3)/t16-,17+;;/m1../s1. The number of nitrogens with one attached hydrogen (secondary N) is 3. The number of carbonyl (C=O) groups is 4. The van der Waals surface area contributed by atoms with E-state index in [4.69, 9.17) is 24.9 Å². The molecule has 190 valence electrons. The molecule has 3 rings (SSSR count). The summed E-state index contributed by atoms with van der Waals surface area (Å²) in [6.45, 7) is 1.56. The maximum atomic E-state index is 12.3. The number of pyridine rings is 1. The van der Waals surface area contributed by atoms with Crippen LogP contribution >= 0.6 is 0 Å². The molecule has 0 spiro atoms. The molecule has 6 N–H and O–H groups in total. The number of amides is 2. The van der Waals surface area contributed by atoms with E-state index < -0.39 is 0 Å². The molecular formula is C22H34N4O8. The van der Waals surface area contributed by atoms with Gasteiger partial charge in [-0.3, -0.25) is 28.9 Å². The van der Waals surface area contributed by atoms with Crippen LogP contribution in [0, 0.1) is 5.92 Å². The molecule has 0 bridgehead atoms. The average molecular weight is 483 g/mol. The van der Waals surface area contributed by atoms with Gasteiger partial charge in [0.15, 0.2) is 0 Å². The third kappa shape index (κ3) is 11.1. The first-order valence-corrected chi connectivity index (χ1v) is 11.2. The SMILES string of the molecule is O=C(C[C@H]1CC[C@@H](CNC(=O)c2cc[nH]c(=O)c2)N1CC1CC1)NCCCO.O=CO.O=CO. The van der Waals surface area contributed by atoms with Crippen LogP contribution in [0.5, 0.6) is 0 Å². The molecule has 1 aromatic heterocycles. The zero-order valence-electron chi connectivity index (χ0n) is 19.0. The van der Waals surface area contributed by atoms with Crippen LogP contribution in [0.4, 0.5) is 0 Å². The number of aliphatic hydroxyl groups is 1. The summed E-state index contributed by atoms with van der Waals surface area (Å²) in [4.78, 5) is 57.5. The summed E-state index contributed by atoms with van der Waals surface area (Å²) in [6.07, 6.45) is 6.84. The number of H-pyrrole nitrogens is 1. The van der Waals surface area contributed by atoms with E-state index in [-0.39, 0.29) is 49.0 Å². The molecule has 0 radical (unpaired) electrons. The van der Waals surface area contributed by atoms with E-state index in [2.05, 4.69) is 20.5 Å². The van der Waals surface area contributed by atoms with Gasteiger partial charge in [-0.15, -0.1) is 0 Å². The van der Waals surface area contributed by atoms with Crippen molar-refractivity contribution in [3.05, 3.63) is 34.2 Å². The highest BCUT2D eigenvalue weighted by Crippen LogP contribution is 2.35. The second-order valence-electron chi connectivity index (χ2n) is 8.02. The molecule has 1 aliphatic heterocycles. The number of nitrogens with zero attached hydrogens (tertiary/aromatic N) is 1. The Kier molecular flexibility index (Phi) is 13.9. The number of hydrogen-bond acceptors (Lipinski definition) is 7. The third-order valence-electron chi connectivity index (χ3n) is 5.55. The van der Waals surface area contributed by atoms with Crippen molar-refractivity contribution in [1.29, 1.82) is 0 Å². The van der Waals surface area contributed by atoms with Crippen LogP contribution < -0.4 is 16.2 Å². The van der Waals surface area contributed by atoms with Crippen molar-refractivity contribution in [3.8, 4) is 0 Å². The number of aromatic amines is 1. The summed E-state index contributed by atoms with van der Waals surface area (Å²) in [5, 5.41) is 28.4. The Balaban J connectivity index is 0.000000872. The number of likely N-dealkylation sites (tertiary alicyclic amines) is 1. The minimum absolute atomic E-state index is 0.0208. The molecule has 2 heterocycles. The minimum atomic E-state index is -0.295. The Labute approximate surface area is 197 Å². The molecule has 0 aromatic carbocycles. The van der Waals surface area contributed by atoms with Crippen LogP contribution in [0.2, 0.25) is 0 Å². The van der Waals surface area contributed by atoms with Crippen LogP contribution in [0.1, 0.15) is 48.9 Å². The van der Waals surface area contributed by atoms with Gasteiger partial charge < -0.3 is 30.9 Å². The van der Waals surface area contributed by atoms with Crippen LogP contribution in [0.25, 0.3) is 0 Å².